The van der Waals surface area contributed by atoms with Crippen LogP contribution < -0.4 is 15.7 Å². The van der Waals surface area contributed by atoms with Gasteiger partial charge in [0.25, 0.3) is 0 Å². The third kappa shape index (κ3) is 5.88. The Morgan fingerprint density at radius 3 is 2.09 bits per heavy atom. The van der Waals surface area contributed by atoms with Crippen molar-refractivity contribution in [3.63, 3.8) is 0 Å². The van der Waals surface area contributed by atoms with E-state index >= 15 is 0 Å². The lowest BCUT2D eigenvalue weighted by atomic mass is 10.1. The summed E-state index contributed by atoms with van der Waals surface area (Å²) in [6, 6.07) is 14.8. The number of ether oxygens (including phenoxy) is 1. The zero-order valence-electron chi connectivity index (χ0n) is 12.9. The van der Waals surface area contributed by atoms with Crippen LogP contribution in [0.3, 0.4) is 0 Å². The van der Waals surface area contributed by atoms with Crippen molar-refractivity contribution < 1.29 is 19.6 Å². The van der Waals surface area contributed by atoms with Crippen molar-refractivity contribution >= 4 is 17.3 Å². The Kier molecular flexibility index (Phi) is 6.26. The maximum Gasteiger partial charge on any atom is 0.341 e. The second-order valence-corrected chi connectivity index (χ2v) is 4.96. The fourth-order valence-electron chi connectivity index (χ4n) is 1.94. The van der Waals surface area contributed by atoms with Gasteiger partial charge in [-0.15, -0.1) is 0 Å². The van der Waals surface area contributed by atoms with Crippen molar-refractivity contribution in [2.45, 2.75) is 19.8 Å². The van der Waals surface area contributed by atoms with Crippen LogP contribution in [-0.2, 0) is 16.2 Å². The van der Waals surface area contributed by atoms with E-state index in [1.165, 1.54) is 5.56 Å². The molecular formula is C17H20N2O4. The molecule has 6 heteroatoms. The molecule has 0 radical (unpaired) electrons. The van der Waals surface area contributed by atoms with Crippen LogP contribution >= 0.6 is 0 Å². The molecule has 2 aromatic carbocycles. The molecule has 0 saturated heterocycles. The third-order valence-electron chi connectivity index (χ3n) is 3.05. The number of aliphatic carboxylic acids is 1. The molecule has 0 aliphatic carbocycles. The predicted molar refractivity (Wildman–Crippen MR) is 88.3 cm³/mol. The van der Waals surface area contributed by atoms with E-state index in [1.807, 2.05) is 12.1 Å². The van der Waals surface area contributed by atoms with Crippen LogP contribution in [0.2, 0.25) is 0 Å². The molecule has 6 nitrogen and oxygen atoms in total. The average molecular weight is 316 g/mol. The maximum atomic E-state index is 10.4. The van der Waals surface area contributed by atoms with Crippen LogP contribution in [0.25, 0.3) is 0 Å². The summed E-state index contributed by atoms with van der Waals surface area (Å²) in [4.78, 5) is 15.6. The Morgan fingerprint density at radius 2 is 1.57 bits per heavy atom. The molecule has 122 valence electrons. The number of hydrogen-bond donors (Lipinski definition) is 3. The molecule has 23 heavy (non-hydrogen) atoms. The fraction of sp³-hybridized carbons (Fsp3) is 0.235. The highest BCUT2D eigenvalue weighted by molar-refractivity contribution is 5.68. The van der Waals surface area contributed by atoms with E-state index in [4.69, 9.17) is 14.8 Å². The molecule has 3 N–H and O–H groups in total. The number of aryl methyl sites for hydroxylation is 1. The van der Waals surface area contributed by atoms with Gasteiger partial charge in [0, 0.05) is 0 Å². The third-order valence-corrected chi connectivity index (χ3v) is 3.05. The Hall–Kier alpha value is -2.73. The van der Waals surface area contributed by atoms with Gasteiger partial charge in [0.2, 0.25) is 0 Å². The van der Waals surface area contributed by atoms with E-state index in [9.17, 15) is 4.79 Å². The molecule has 0 bridgehead atoms. The normalized spacial score (nSPS) is 10.1. The van der Waals surface area contributed by atoms with Gasteiger partial charge < -0.3 is 9.84 Å². The molecular weight excluding hydrogens is 296 g/mol. The Morgan fingerprint density at radius 1 is 1.00 bits per heavy atom. The smallest absolute Gasteiger partial charge is 0.341 e. The molecule has 0 spiro atoms. The highest BCUT2D eigenvalue weighted by atomic mass is 16.8. The molecule has 2 rings (SSSR count). The Labute approximate surface area is 135 Å². The summed E-state index contributed by atoms with van der Waals surface area (Å²) in [5.74, 6) is -0.526. The summed E-state index contributed by atoms with van der Waals surface area (Å²) in [7, 11) is 0. The first-order valence-electron chi connectivity index (χ1n) is 7.39. The summed E-state index contributed by atoms with van der Waals surface area (Å²) in [5, 5.41) is 8.54. The molecule has 0 aliphatic rings. The molecule has 0 aromatic heterocycles. The van der Waals surface area contributed by atoms with Gasteiger partial charge in [-0.25, -0.2) is 15.8 Å². The first-order chi connectivity index (χ1) is 11.2. The van der Waals surface area contributed by atoms with Crippen molar-refractivity contribution in [1.82, 2.24) is 0 Å². The number of carbonyl (C=O) groups is 1. The summed E-state index contributed by atoms with van der Waals surface area (Å²) in [6.45, 7) is 1.79. The van der Waals surface area contributed by atoms with Gasteiger partial charge in [-0.1, -0.05) is 25.5 Å². The monoisotopic (exact) mass is 316 g/mol. The average Bonchev–Trinajstić information content (AvgIpc) is 2.56. The van der Waals surface area contributed by atoms with Gasteiger partial charge in [0.15, 0.2) is 6.61 Å². The zero-order valence-corrected chi connectivity index (χ0v) is 12.9. The van der Waals surface area contributed by atoms with Gasteiger partial charge >= 0.3 is 5.97 Å². The van der Waals surface area contributed by atoms with Crippen LogP contribution in [0.5, 0.6) is 5.75 Å². The predicted octanol–water partition coefficient (Wildman–Crippen LogP) is 3.47. The zero-order chi connectivity index (χ0) is 16.5. The second-order valence-electron chi connectivity index (χ2n) is 4.96. The second kappa shape index (κ2) is 8.65. The molecule has 0 atom stereocenters. The lowest BCUT2D eigenvalue weighted by molar-refractivity contribution is -0.139. The minimum Gasteiger partial charge on any atom is -0.482 e. The van der Waals surface area contributed by atoms with Gasteiger partial charge in [0.05, 0.1) is 11.4 Å². The van der Waals surface area contributed by atoms with Crippen molar-refractivity contribution in [2.75, 3.05) is 17.6 Å². The molecule has 0 fully saturated rings. The number of nitrogens with one attached hydrogen (secondary N) is 2. The van der Waals surface area contributed by atoms with Crippen molar-refractivity contribution in [3.05, 3.63) is 54.1 Å². The fourth-order valence-corrected chi connectivity index (χ4v) is 1.94. The molecule has 2 aromatic rings. The van der Waals surface area contributed by atoms with E-state index in [0.29, 0.717) is 11.4 Å². The molecule has 0 heterocycles. The Bertz CT molecular complexity index is 611. The van der Waals surface area contributed by atoms with E-state index in [-0.39, 0.29) is 6.61 Å². The largest absolute Gasteiger partial charge is 0.482 e. The van der Waals surface area contributed by atoms with Crippen molar-refractivity contribution in [3.8, 4) is 5.75 Å². The number of benzene rings is 2. The number of rotatable bonds is 9. The molecule has 0 amide bonds. The molecule has 0 saturated carbocycles. The van der Waals surface area contributed by atoms with Crippen LogP contribution in [0.15, 0.2) is 48.5 Å². The maximum absolute atomic E-state index is 10.4. The van der Waals surface area contributed by atoms with Crippen LogP contribution in [0.4, 0.5) is 11.4 Å². The van der Waals surface area contributed by atoms with E-state index in [2.05, 4.69) is 30.0 Å². The molecule has 0 aliphatic heterocycles. The topological polar surface area (TPSA) is 79.8 Å². The quantitative estimate of drug-likeness (QED) is 0.615. The van der Waals surface area contributed by atoms with Gasteiger partial charge in [-0.3, -0.25) is 0 Å². The Balaban J connectivity index is 1.76. The SMILES string of the molecule is CCCc1ccc(NONc2ccc(OCC(=O)O)cc2)cc1. The van der Waals surface area contributed by atoms with Crippen LogP contribution in [0.1, 0.15) is 18.9 Å². The van der Waals surface area contributed by atoms with E-state index in [1.54, 1.807) is 24.3 Å². The number of hydrogen-bond acceptors (Lipinski definition) is 5. The van der Waals surface area contributed by atoms with E-state index in [0.717, 1.165) is 18.5 Å². The standard InChI is InChI=1S/C17H20N2O4/c1-2-3-13-4-6-14(7-5-13)18-23-19-15-8-10-16(11-9-15)22-12-17(20)21/h4-11,18-19H,2-3,12H2,1H3,(H,20,21). The van der Waals surface area contributed by atoms with Crippen molar-refractivity contribution in [1.29, 1.82) is 0 Å². The minimum atomic E-state index is -1.01. The first kappa shape index (κ1) is 16.6. The molecule has 0 unspecified atom stereocenters. The highest BCUT2D eigenvalue weighted by Gasteiger charge is 2.00. The number of carboxylic acids is 1. The first-order valence-corrected chi connectivity index (χ1v) is 7.39. The summed E-state index contributed by atoms with van der Waals surface area (Å²) >= 11 is 0. The van der Waals surface area contributed by atoms with Crippen LogP contribution in [0, 0.1) is 0 Å². The van der Waals surface area contributed by atoms with E-state index < -0.39 is 5.97 Å². The number of anilines is 2. The van der Waals surface area contributed by atoms with Gasteiger partial charge in [-0.2, -0.15) is 4.94 Å². The summed E-state index contributed by atoms with van der Waals surface area (Å²) in [6.07, 6.45) is 2.19. The summed E-state index contributed by atoms with van der Waals surface area (Å²) in [5.41, 5.74) is 8.39. The summed E-state index contributed by atoms with van der Waals surface area (Å²) < 4.78 is 5.04. The van der Waals surface area contributed by atoms with Gasteiger partial charge in [-0.05, 0) is 48.4 Å². The highest BCUT2D eigenvalue weighted by Crippen LogP contribution is 2.16. The minimum absolute atomic E-state index is 0.362. The number of carboxylic acid groups (broad SMARTS) is 1. The lowest BCUT2D eigenvalue weighted by Gasteiger charge is -2.10. The van der Waals surface area contributed by atoms with Crippen LogP contribution in [-0.4, -0.2) is 17.7 Å². The van der Waals surface area contributed by atoms with Crippen molar-refractivity contribution in [2.24, 2.45) is 0 Å². The van der Waals surface area contributed by atoms with Gasteiger partial charge in [0.1, 0.15) is 5.75 Å². The lowest BCUT2D eigenvalue weighted by Crippen LogP contribution is -2.10.